The molecule has 3 unspecified atom stereocenters. The highest BCUT2D eigenvalue weighted by atomic mass is 35.5. The molecule has 5 nitrogen and oxygen atoms in total. The lowest BCUT2D eigenvalue weighted by atomic mass is 9.54. The number of nitrogens with two attached hydrogens (primary N) is 1. The van der Waals surface area contributed by atoms with E-state index in [9.17, 15) is 4.79 Å². The highest BCUT2D eigenvalue weighted by molar-refractivity contribution is 6.30. The second kappa shape index (κ2) is 8.69. The summed E-state index contributed by atoms with van der Waals surface area (Å²) in [5.41, 5.74) is 6.00. The van der Waals surface area contributed by atoms with Crippen molar-refractivity contribution in [3.63, 3.8) is 0 Å². The Hall–Kier alpha value is -0.850. The van der Waals surface area contributed by atoms with Crippen molar-refractivity contribution in [2.75, 3.05) is 20.3 Å². The number of methoxy groups -OCH3 is 1. The van der Waals surface area contributed by atoms with Crippen LogP contribution in [0.3, 0.4) is 0 Å². The van der Waals surface area contributed by atoms with E-state index in [4.69, 9.17) is 26.8 Å². The average molecular weight is 391 g/mol. The summed E-state index contributed by atoms with van der Waals surface area (Å²) in [5, 5.41) is 3.59. The SMILES string of the molecule is CCOC1CC(N)(C(=O)NCC(OC)c2ccc(Cl)cc2)C1(C)C.Cl. The summed E-state index contributed by atoms with van der Waals surface area (Å²) in [4.78, 5) is 12.6. The lowest BCUT2D eigenvalue weighted by molar-refractivity contribution is -0.171. The molecule has 1 aromatic carbocycles. The maximum absolute atomic E-state index is 12.6. The van der Waals surface area contributed by atoms with Crippen molar-refractivity contribution in [1.29, 1.82) is 0 Å². The fraction of sp³-hybridized carbons (Fsp3) is 0.611. The van der Waals surface area contributed by atoms with Gasteiger partial charge >= 0.3 is 0 Å². The minimum Gasteiger partial charge on any atom is -0.378 e. The molecule has 1 fully saturated rings. The van der Waals surface area contributed by atoms with Gasteiger partial charge in [0.2, 0.25) is 5.91 Å². The standard InChI is InChI=1S/C18H27ClN2O3.ClH/c1-5-24-15-10-18(20,17(15,2)3)16(22)21-11-14(23-4)12-6-8-13(19)9-7-12;/h6-9,14-15H,5,10-11,20H2,1-4H3,(H,21,22);1H. The molecule has 7 heteroatoms. The largest absolute Gasteiger partial charge is 0.378 e. The van der Waals surface area contributed by atoms with E-state index in [-0.39, 0.29) is 30.5 Å². The molecule has 0 saturated heterocycles. The molecule has 1 aliphatic rings. The van der Waals surface area contributed by atoms with Gasteiger partial charge in [-0.05, 0) is 24.6 Å². The van der Waals surface area contributed by atoms with Gasteiger partial charge in [0.1, 0.15) is 5.54 Å². The maximum atomic E-state index is 12.6. The number of carbonyl (C=O) groups excluding carboxylic acids is 1. The van der Waals surface area contributed by atoms with Crippen molar-refractivity contribution in [1.82, 2.24) is 5.32 Å². The molecular weight excluding hydrogens is 363 g/mol. The monoisotopic (exact) mass is 390 g/mol. The number of ether oxygens (including phenoxy) is 2. The predicted molar refractivity (Wildman–Crippen MR) is 102 cm³/mol. The molecule has 0 spiro atoms. The summed E-state index contributed by atoms with van der Waals surface area (Å²) in [5.74, 6) is -0.167. The van der Waals surface area contributed by atoms with Crippen LogP contribution < -0.4 is 11.1 Å². The van der Waals surface area contributed by atoms with Crippen molar-refractivity contribution in [3.05, 3.63) is 34.9 Å². The first kappa shape index (κ1) is 22.2. The van der Waals surface area contributed by atoms with Crippen molar-refractivity contribution in [3.8, 4) is 0 Å². The van der Waals surface area contributed by atoms with E-state index in [0.717, 1.165) is 5.56 Å². The third-order valence-corrected chi connectivity index (χ3v) is 5.46. The molecule has 0 bridgehead atoms. The first-order chi connectivity index (χ1) is 11.3. The molecule has 0 aliphatic heterocycles. The normalized spacial score (nSPS) is 25.4. The molecule has 1 aromatic rings. The Labute approximate surface area is 161 Å². The molecule has 2 rings (SSSR count). The molecule has 0 radical (unpaired) electrons. The number of hydrogen-bond donors (Lipinski definition) is 2. The van der Waals surface area contributed by atoms with Crippen LogP contribution in [-0.2, 0) is 14.3 Å². The van der Waals surface area contributed by atoms with Crippen LogP contribution in [0.25, 0.3) is 0 Å². The number of nitrogens with one attached hydrogen (secondary N) is 1. The Morgan fingerprint density at radius 1 is 1.40 bits per heavy atom. The fourth-order valence-electron chi connectivity index (χ4n) is 3.18. The van der Waals surface area contributed by atoms with Crippen LogP contribution in [0, 0.1) is 5.41 Å². The summed E-state index contributed by atoms with van der Waals surface area (Å²) in [6, 6.07) is 7.38. The van der Waals surface area contributed by atoms with E-state index < -0.39 is 11.0 Å². The number of amides is 1. The molecule has 1 amide bonds. The van der Waals surface area contributed by atoms with Gasteiger partial charge in [-0.1, -0.05) is 37.6 Å². The lowest BCUT2D eigenvalue weighted by Crippen LogP contribution is -2.75. The zero-order chi connectivity index (χ0) is 18.0. The van der Waals surface area contributed by atoms with Crippen molar-refractivity contribution in [2.24, 2.45) is 11.1 Å². The highest BCUT2D eigenvalue weighted by Gasteiger charge is 2.62. The van der Waals surface area contributed by atoms with Gasteiger partial charge in [0.15, 0.2) is 0 Å². The van der Waals surface area contributed by atoms with E-state index in [1.807, 2.05) is 32.9 Å². The van der Waals surface area contributed by atoms with Gasteiger partial charge in [-0.2, -0.15) is 0 Å². The molecule has 3 N–H and O–H groups in total. The van der Waals surface area contributed by atoms with Crippen LogP contribution in [0.15, 0.2) is 24.3 Å². The van der Waals surface area contributed by atoms with Crippen LogP contribution in [0.5, 0.6) is 0 Å². The van der Waals surface area contributed by atoms with Crippen LogP contribution in [0.2, 0.25) is 5.02 Å². The Balaban J connectivity index is 0.00000312. The molecule has 0 heterocycles. The van der Waals surface area contributed by atoms with Crippen molar-refractivity contribution >= 4 is 29.9 Å². The van der Waals surface area contributed by atoms with Gasteiger partial charge in [0, 0.05) is 37.1 Å². The zero-order valence-electron chi connectivity index (χ0n) is 15.2. The third kappa shape index (κ3) is 4.29. The third-order valence-electron chi connectivity index (χ3n) is 5.21. The molecule has 0 aromatic heterocycles. The Kier molecular flexibility index (Phi) is 7.71. The molecule has 3 atom stereocenters. The number of rotatable bonds is 7. The van der Waals surface area contributed by atoms with Gasteiger partial charge in [0.25, 0.3) is 0 Å². The second-order valence-corrected chi connectivity index (χ2v) is 7.26. The van der Waals surface area contributed by atoms with E-state index in [1.54, 1.807) is 19.2 Å². The van der Waals surface area contributed by atoms with E-state index >= 15 is 0 Å². The molecule has 1 saturated carbocycles. The number of halogens is 2. The first-order valence-corrected chi connectivity index (χ1v) is 8.61. The van der Waals surface area contributed by atoms with Crippen LogP contribution in [-0.4, -0.2) is 37.8 Å². The Bertz CT molecular complexity index is 580. The molecule has 142 valence electrons. The predicted octanol–water partition coefficient (Wildman–Crippen LogP) is 3.10. The topological polar surface area (TPSA) is 73.6 Å². The maximum Gasteiger partial charge on any atom is 0.240 e. The van der Waals surface area contributed by atoms with Gasteiger partial charge in [0.05, 0.1) is 12.2 Å². The van der Waals surface area contributed by atoms with E-state index in [2.05, 4.69) is 5.32 Å². The summed E-state index contributed by atoms with van der Waals surface area (Å²) in [6.45, 7) is 6.87. The average Bonchev–Trinajstić information content (AvgIpc) is 2.56. The van der Waals surface area contributed by atoms with Gasteiger partial charge in [-0.25, -0.2) is 0 Å². The summed E-state index contributed by atoms with van der Waals surface area (Å²) >= 11 is 5.91. The van der Waals surface area contributed by atoms with Gasteiger partial charge in [-0.3, -0.25) is 4.79 Å². The number of carbonyl (C=O) groups is 1. The number of benzene rings is 1. The minimum atomic E-state index is -0.925. The van der Waals surface area contributed by atoms with Crippen molar-refractivity contribution in [2.45, 2.75) is 44.9 Å². The van der Waals surface area contributed by atoms with Gasteiger partial charge < -0.3 is 20.5 Å². The Morgan fingerprint density at radius 2 is 2.00 bits per heavy atom. The van der Waals surface area contributed by atoms with Crippen molar-refractivity contribution < 1.29 is 14.3 Å². The smallest absolute Gasteiger partial charge is 0.240 e. The Morgan fingerprint density at radius 3 is 2.48 bits per heavy atom. The summed E-state index contributed by atoms with van der Waals surface area (Å²) < 4.78 is 11.1. The quantitative estimate of drug-likeness (QED) is 0.749. The van der Waals surface area contributed by atoms with Crippen LogP contribution in [0.1, 0.15) is 38.9 Å². The summed E-state index contributed by atoms with van der Waals surface area (Å²) in [6.07, 6.45) is 0.284. The zero-order valence-corrected chi connectivity index (χ0v) is 16.7. The molecular formula is C18H28Cl2N2O3. The van der Waals surface area contributed by atoms with E-state index in [1.165, 1.54) is 0 Å². The minimum absolute atomic E-state index is 0. The van der Waals surface area contributed by atoms with Crippen LogP contribution in [0.4, 0.5) is 0 Å². The first-order valence-electron chi connectivity index (χ1n) is 8.23. The highest BCUT2D eigenvalue weighted by Crippen LogP contribution is 2.49. The molecule has 1 aliphatic carbocycles. The number of hydrogen-bond acceptors (Lipinski definition) is 4. The summed E-state index contributed by atoms with van der Waals surface area (Å²) in [7, 11) is 1.61. The van der Waals surface area contributed by atoms with Crippen LogP contribution >= 0.6 is 24.0 Å². The second-order valence-electron chi connectivity index (χ2n) is 6.83. The van der Waals surface area contributed by atoms with E-state index in [0.29, 0.717) is 24.6 Å². The molecule has 25 heavy (non-hydrogen) atoms. The fourth-order valence-corrected chi connectivity index (χ4v) is 3.30. The van der Waals surface area contributed by atoms with Gasteiger partial charge in [-0.15, -0.1) is 12.4 Å². The lowest BCUT2D eigenvalue weighted by Gasteiger charge is -2.57.